The second-order valence-corrected chi connectivity index (χ2v) is 4.41. The highest BCUT2D eigenvalue weighted by Gasteiger charge is 2.15. The van der Waals surface area contributed by atoms with Crippen LogP contribution in [-0.2, 0) is 6.54 Å². The molecule has 0 bridgehead atoms. The smallest absolute Gasteiger partial charge is 0.358 e. The van der Waals surface area contributed by atoms with Crippen LogP contribution in [0.25, 0.3) is 0 Å². The number of nitrogens with zero attached hydrogens (tertiary/aromatic N) is 4. The molecule has 2 heterocycles. The molecular formula is C10H9BrN4O2. The Kier molecular flexibility index (Phi) is 3.19. The molecule has 0 fully saturated rings. The minimum Gasteiger partial charge on any atom is -0.476 e. The topological polar surface area (TPSA) is 80.9 Å². The first-order valence-electron chi connectivity index (χ1n) is 4.80. The van der Waals surface area contributed by atoms with Gasteiger partial charge >= 0.3 is 5.97 Å². The molecule has 0 saturated carbocycles. The van der Waals surface area contributed by atoms with Crippen molar-refractivity contribution in [2.24, 2.45) is 0 Å². The van der Waals surface area contributed by atoms with Crippen LogP contribution in [0.1, 0.15) is 21.7 Å². The van der Waals surface area contributed by atoms with Crippen LogP contribution < -0.4 is 0 Å². The van der Waals surface area contributed by atoms with Crippen LogP contribution in [0.5, 0.6) is 0 Å². The van der Waals surface area contributed by atoms with E-state index < -0.39 is 5.97 Å². The van der Waals surface area contributed by atoms with E-state index >= 15 is 0 Å². The van der Waals surface area contributed by atoms with Gasteiger partial charge in [0, 0.05) is 16.9 Å². The number of pyridine rings is 1. The van der Waals surface area contributed by atoms with Crippen LogP contribution in [0.3, 0.4) is 0 Å². The Bertz CT molecular complexity index is 567. The molecule has 17 heavy (non-hydrogen) atoms. The Morgan fingerprint density at radius 2 is 2.29 bits per heavy atom. The van der Waals surface area contributed by atoms with Crippen molar-refractivity contribution in [3.05, 3.63) is 39.9 Å². The van der Waals surface area contributed by atoms with Crippen LogP contribution in [0.4, 0.5) is 0 Å². The van der Waals surface area contributed by atoms with Gasteiger partial charge in [0.1, 0.15) is 0 Å². The summed E-state index contributed by atoms with van der Waals surface area (Å²) in [6.07, 6.45) is 3.38. The molecule has 0 saturated heterocycles. The molecule has 0 spiro atoms. The van der Waals surface area contributed by atoms with E-state index in [2.05, 4.69) is 31.2 Å². The van der Waals surface area contributed by atoms with E-state index in [1.54, 1.807) is 19.3 Å². The number of carbonyl (C=O) groups is 1. The number of aromatic nitrogens is 4. The number of aromatic carboxylic acids is 1. The van der Waals surface area contributed by atoms with Gasteiger partial charge < -0.3 is 5.11 Å². The molecule has 0 unspecified atom stereocenters. The van der Waals surface area contributed by atoms with Gasteiger partial charge in [0.2, 0.25) is 0 Å². The van der Waals surface area contributed by atoms with E-state index in [4.69, 9.17) is 5.11 Å². The first kappa shape index (κ1) is 11.7. The van der Waals surface area contributed by atoms with Crippen molar-refractivity contribution in [3.8, 4) is 0 Å². The molecule has 1 N–H and O–H groups in total. The van der Waals surface area contributed by atoms with Gasteiger partial charge in [-0.2, -0.15) is 0 Å². The van der Waals surface area contributed by atoms with Gasteiger partial charge in [-0.1, -0.05) is 5.21 Å². The standard InChI is InChI=1S/C10H9BrN4O2/c1-6-9(10(16)17)13-14-15(6)5-7-2-8(11)4-12-3-7/h2-4H,5H2,1H3,(H,16,17). The van der Waals surface area contributed by atoms with Crippen molar-refractivity contribution < 1.29 is 9.90 Å². The molecule has 0 radical (unpaired) electrons. The highest BCUT2D eigenvalue weighted by atomic mass is 79.9. The van der Waals surface area contributed by atoms with Crippen LogP contribution in [-0.4, -0.2) is 31.1 Å². The first-order valence-corrected chi connectivity index (χ1v) is 5.60. The van der Waals surface area contributed by atoms with Crippen LogP contribution >= 0.6 is 15.9 Å². The van der Waals surface area contributed by atoms with E-state index in [0.29, 0.717) is 12.2 Å². The fourth-order valence-corrected chi connectivity index (χ4v) is 1.84. The lowest BCUT2D eigenvalue weighted by molar-refractivity contribution is 0.0689. The van der Waals surface area contributed by atoms with Crippen molar-refractivity contribution in [1.29, 1.82) is 0 Å². The lowest BCUT2D eigenvalue weighted by Crippen LogP contribution is -2.06. The van der Waals surface area contributed by atoms with Gasteiger partial charge in [-0.3, -0.25) is 4.98 Å². The fourth-order valence-electron chi connectivity index (χ4n) is 1.42. The summed E-state index contributed by atoms with van der Waals surface area (Å²) < 4.78 is 2.40. The minimum atomic E-state index is -1.07. The molecule has 6 nitrogen and oxygen atoms in total. The maximum Gasteiger partial charge on any atom is 0.358 e. The average Bonchev–Trinajstić information content (AvgIpc) is 2.61. The van der Waals surface area contributed by atoms with E-state index in [-0.39, 0.29) is 5.69 Å². The molecule has 2 aromatic heterocycles. The van der Waals surface area contributed by atoms with E-state index in [9.17, 15) is 4.79 Å². The van der Waals surface area contributed by atoms with Crippen LogP contribution in [0.15, 0.2) is 22.9 Å². The normalized spacial score (nSPS) is 10.5. The summed E-state index contributed by atoms with van der Waals surface area (Å²) in [4.78, 5) is 14.8. The number of rotatable bonds is 3. The molecular weight excluding hydrogens is 288 g/mol. The number of hydrogen-bond acceptors (Lipinski definition) is 4. The summed E-state index contributed by atoms with van der Waals surface area (Å²) in [5, 5.41) is 16.3. The Labute approximate surface area is 105 Å². The summed E-state index contributed by atoms with van der Waals surface area (Å²) in [6, 6.07) is 1.90. The van der Waals surface area contributed by atoms with Crippen LogP contribution in [0.2, 0.25) is 0 Å². The molecule has 7 heteroatoms. The SMILES string of the molecule is Cc1c(C(=O)O)nnn1Cc1cncc(Br)c1. The second-order valence-electron chi connectivity index (χ2n) is 3.50. The van der Waals surface area contributed by atoms with Crippen molar-refractivity contribution in [2.45, 2.75) is 13.5 Å². The Hall–Kier alpha value is -1.76. The lowest BCUT2D eigenvalue weighted by Gasteiger charge is -2.03. The zero-order valence-electron chi connectivity index (χ0n) is 8.96. The molecule has 88 valence electrons. The van der Waals surface area contributed by atoms with Gasteiger partial charge in [0.25, 0.3) is 0 Å². The Balaban J connectivity index is 2.28. The monoisotopic (exact) mass is 296 g/mol. The molecule has 2 aromatic rings. The predicted octanol–water partition coefficient (Wildman–Crippen LogP) is 1.49. The summed E-state index contributed by atoms with van der Waals surface area (Å²) in [5.41, 5.74) is 1.43. The third-order valence-corrected chi connectivity index (χ3v) is 2.71. The first-order chi connectivity index (χ1) is 8.08. The molecule has 0 aliphatic carbocycles. The van der Waals surface area contributed by atoms with Crippen molar-refractivity contribution in [3.63, 3.8) is 0 Å². The maximum atomic E-state index is 10.8. The predicted molar refractivity (Wildman–Crippen MR) is 62.8 cm³/mol. The summed E-state index contributed by atoms with van der Waals surface area (Å²) in [7, 11) is 0. The maximum absolute atomic E-state index is 10.8. The zero-order valence-corrected chi connectivity index (χ0v) is 10.5. The molecule has 0 amide bonds. The third kappa shape index (κ3) is 2.50. The second kappa shape index (κ2) is 4.62. The minimum absolute atomic E-state index is 0.0204. The molecule has 0 aromatic carbocycles. The summed E-state index contributed by atoms with van der Waals surface area (Å²) in [5.74, 6) is -1.07. The molecule has 0 aliphatic rings. The Morgan fingerprint density at radius 3 is 2.88 bits per heavy atom. The molecule has 2 rings (SSSR count). The summed E-state index contributed by atoms with van der Waals surface area (Å²) in [6.45, 7) is 2.12. The van der Waals surface area contributed by atoms with E-state index in [1.165, 1.54) is 4.68 Å². The van der Waals surface area contributed by atoms with E-state index in [0.717, 1.165) is 10.0 Å². The van der Waals surface area contributed by atoms with Crippen molar-refractivity contribution in [1.82, 2.24) is 20.0 Å². The summed E-state index contributed by atoms with van der Waals surface area (Å²) >= 11 is 3.32. The van der Waals surface area contributed by atoms with Crippen LogP contribution in [0, 0.1) is 6.92 Å². The van der Waals surface area contributed by atoms with Crippen molar-refractivity contribution >= 4 is 21.9 Å². The molecule has 0 aliphatic heterocycles. The Morgan fingerprint density at radius 1 is 1.53 bits per heavy atom. The van der Waals surface area contributed by atoms with Gasteiger partial charge in [-0.15, -0.1) is 5.10 Å². The van der Waals surface area contributed by atoms with Gasteiger partial charge in [-0.05, 0) is 34.5 Å². The number of hydrogen-bond donors (Lipinski definition) is 1. The highest BCUT2D eigenvalue weighted by Crippen LogP contribution is 2.12. The largest absolute Gasteiger partial charge is 0.476 e. The number of halogens is 1. The third-order valence-electron chi connectivity index (χ3n) is 2.28. The van der Waals surface area contributed by atoms with Gasteiger partial charge in [0.05, 0.1) is 12.2 Å². The zero-order chi connectivity index (χ0) is 12.4. The average molecular weight is 297 g/mol. The number of carboxylic acids is 1. The number of carboxylic acid groups (broad SMARTS) is 1. The fraction of sp³-hybridized carbons (Fsp3) is 0.200. The van der Waals surface area contributed by atoms with E-state index in [1.807, 2.05) is 6.07 Å². The highest BCUT2D eigenvalue weighted by molar-refractivity contribution is 9.10. The molecule has 0 atom stereocenters. The van der Waals surface area contributed by atoms with Gasteiger partial charge in [-0.25, -0.2) is 9.48 Å². The quantitative estimate of drug-likeness (QED) is 0.928. The van der Waals surface area contributed by atoms with Gasteiger partial charge in [0.15, 0.2) is 5.69 Å². The van der Waals surface area contributed by atoms with Crippen molar-refractivity contribution in [2.75, 3.05) is 0 Å². The lowest BCUT2D eigenvalue weighted by atomic mass is 10.3.